The number of nitrogens with two attached hydrogens (primary N) is 1. The Balaban J connectivity index is 3.30. The summed E-state index contributed by atoms with van der Waals surface area (Å²) in [5.41, 5.74) is 5.22. The predicted octanol–water partition coefficient (Wildman–Crippen LogP) is 1.70. The first-order valence-corrected chi connectivity index (χ1v) is 4.18. The van der Waals surface area contributed by atoms with Crippen molar-refractivity contribution in [3.05, 3.63) is 28.0 Å². The Hall–Kier alpha value is -1.10. The quantitative estimate of drug-likeness (QED) is 0.865. The van der Waals surface area contributed by atoms with Gasteiger partial charge in [0, 0.05) is 5.56 Å². The summed E-state index contributed by atoms with van der Waals surface area (Å²) < 4.78 is 18.0. The molecule has 0 bridgehead atoms. The first-order chi connectivity index (χ1) is 6.06. The summed E-state index contributed by atoms with van der Waals surface area (Å²) in [4.78, 5) is 10.8. The molecule has 0 saturated carbocycles. The van der Waals surface area contributed by atoms with Crippen LogP contribution in [0.4, 0.5) is 4.39 Å². The average Bonchev–Trinajstić information content (AvgIpc) is 2.09. The molecule has 1 aromatic rings. The van der Waals surface area contributed by atoms with Crippen LogP contribution in [0.25, 0.3) is 0 Å². The van der Waals surface area contributed by atoms with Gasteiger partial charge in [0.15, 0.2) is 11.6 Å². The number of benzene rings is 1. The highest BCUT2D eigenvalue weighted by atomic mass is 79.9. The number of ether oxygens (including phenoxy) is 1. The SMILES string of the molecule is COc1cc(C(N)=O)cc(Br)c1F. The van der Waals surface area contributed by atoms with Gasteiger partial charge in [-0.05, 0) is 28.1 Å². The average molecular weight is 248 g/mol. The van der Waals surface area contributed by atoms with Crippen LogP contribution >= 0.6 is 15.9 Å². The molecule has 0 fully saturated rings. The first-order valence-electron chi connectivity index (χ1n) is 3.39. The van der Waals surface area contributed by atoms with Crippen LogP contribution in [0.5, 0.6) is 5.75 Å². The van der Waals surface area contributed by atoms with Crippen LogP contribution < -0.4 is 10.5 Å². The molecule has 1 rings (SSSR count). The zero-order valence-corrected chi connectivity index (χ0v) is 8.39. The molecule has 3 nitrogen and oxygen atoms in total. The van der Waals surface area contributed by atoms with Crippen molar-refractivity contribution in [2.24, 2.45) is 5.73 Å². The smallest absolute Gasteiger partial charge is 0.248 e. The molecule has 0 radical (unpaired) electrons. The Morgan fingerprint density at radius 1 is 1.62 bits per heavy atom. The number of methoxy groups -OCH3 is 1. The van der Waals surface area contributed by atoms with E-state index in [9.17, 15) is 9.18 Å². The van der Waals surface area contributed by atoms with Gasteiger partial charge in [0.2, 0.25) is 5.91 Å². The minimum Gasteiger partial charge on any atom is -0.494 e. The van der Waals surface area contributed by atoms with Crippen LogP contribution in [-0.4, -0.2) is 13.0 Å². The molecule has 1 amide bonds. The van der Waals surface area contributed by atoms with Crippen molar-refractivity contribution in [3.8, 4) is 5.75 Å². The minimum absolute atomic E-state index is 0.0109. The second kappa shape index (κ2) is 3.74. The van der Waals surface area contributed by atoms with Crippen LogP contribution in [0.2, 0.25) is 0 Å². The highest BCUT2D eigenvalue weighted by Gasteiger charge is 2.11. The number of carbonyl (C=O) groups excluding carboxylic acids is 1. The van der Waals surface area contributed by atoms with Crippen molar-refractivity contribution < 1.29 is 13.9 Å². The fourth-order valence-corrected chi connectivity index (χ4v) is 1.30. The van der Waals surface area contributed by atoms with Crippen LogP contribution in [-0.2, 0) is 0 Å². The van der Waals surface area contributed by atoms with E-state index < -0.39 is 11.7 Å². The van der Waals surface area contributed by atoms with Gasteiger partial charge in [-0.3, -0.25) is 4.79 Å². The molecule has 1 aromatic carbocycles. The molecular weight excluding hydrogens is 241 g/mol. The normalized spacial score (nSPS) is 9.77. The minimum atomic E-state index is -0.626. The van der Waals surface area contributed by atoms with E-state index in [0.29, 0.717) is 0 Å². The maximum absolute atomic E-state index is 13.1. The zero-order chi connectivity index (χ0) is 10.0. The van der Waals surface area contributed by atoms with E-state index in [-0.39, 0.29) is 15.8 Å². The Labute approximate surface area is 82.8 Å². The third-order valence-corrected chi connectivity index (χ3v) is 2.08. The molecule has 0 atom stereocenters. The van der Waals surface area contributed by atoms with Crippen LogP contribution in [0.1, 0.15) is 10.4 Å². The van der Waals surface area contributed by atoms with E-state index in [0.717, 1.165) is 0 Å². The van der Waals surface area contributed by atoms with Crippen molar-refractivity contribution in [2.75, 3.05) is 7.11 Å². The number of hydrogen-bond acceptors (Lipinski definition) is 2. The summed E-state index contributed by atoms with van der Waals surface area (Å²) in [6.45, 7) is 0. The van der Waals surface area contributed by atoms with E-state index in [4.69, 9.17) is 10.5 Å². The third kappa shape index (κ3) is 1.98. The van der Waals surface area contributed by atoms with Crippen LogP contribution in [0, 0.1) is 5.82 Å². The number of amides is 1. The second-order valence-electron chi connectivity index (χ2n) is 2.34. The lowest BCUT2D eigenvalue weighted by molar-refractivity contribution is 0.1000. The zero-order valence-electron chi connectivity index (χ0n) is 6.80. The van der Waals surface area contributed by atoms with E-state index in [1.165, 1.54) is 19.2 Å². The van der Waals surface area contributed by atoms with Gasteiger partial charge in [-0.1, -0.05) is 0 Å². The summed E-state index contributed by atoms with van der Waals surface area (Å²) in [7, 11) is 1.32. The second-order valence-corrected chi connectivity index (χ2v) is 3.19. The molecular formula is C8H7BrFNO2. The molecule has 0 aliphatic heterocycles. The Morgan fingerprint density at radius 2 is 2.23 bits per heavy atom. The van der Waals surface area contributed by atoms with Crippen molar-refractivity contribution >= 4 is 21.8 Å². The van der Waals surface area contributed by atoms with E-state index >= 15 is 0 Å². The number of primary amides is 1. The van der Waals surface area contributed by atoms with Gasteiger partial charge in [-0.2, -0.15) is 0 Å². The molecule has 70 valence electrons. The topological polar surface area (TPSA) is 52.3 Å². The van der Waals surface area contributed by atoms with Gasteiger partial charge in [-0.15, -0.1) is 0 Å². The maximum atomic E-state index is 13.1. The number of hydrogen-bond donors (Lipinski definition) is 1. The molecule has 0 spiro atoms. The molecule has 5 heteroatoms. The molecule has 0 aromatic heterocycles. The fraction of sp³-hybridized carbons (Fsp3) is 0.125. The van der Waals surface area contributed by atoms with E-state index in [1.54, 1.807) is 0 Å². The molecule has 0 heterocycles. The van der Waals surface area contributed by atoms with Gasteiger partial charge < -0.3 is 10.5 Å². The van der Waals surface area contributed by atoms with Crippen LogP contribution in [0.3, 0.4) is 0 Å². The lowest BCUT2D eigenvalue weighted by Crippen LogP contribution is -2.11. The van der Waals surface area contributed by atoms with Gasteiger partial charge in [0.25, 0.3) is 0 Å². The Kier molecular flexibility index (Phi) is 2.87. The summed E-state index contributed by atoms with van der Waals surface area (Å²) in [6, 6.07) is 2.56. The molecule has 0 aliphatic carbocycles. The van der Waals surface area contributed by atoms with Crippen molar-refractivity contribution in [1.29, 1.82) is 0 Å². The first kappa shape index (κ1) is 9.98. The number of carbonyl (C=O) groups is 1. The van der Waals surface area contributed by atoms with Crippen molar-refractivity contribution in [2.45, 2.75) is 0 Å². The summed E-state index contributed by atoms with van der Waals surface area (Å²) in [5.74, 6) is -1.19. The van der Waals surface area contributed by atoms with E-state index in [1.807, 2.05) is 0 Å². The van der Waals surface area contributed by atoms with Crippen molar-refractivity contribution in [3.63, 3.8) is 0 Å². The van der Waals surface area contributed by atoms with Gasteiger partial charge in [0.05, 0.1) is 11.6 Å². The number of halogens is 2. The lowest BCUT2D eigenvalue weighted by Gasteiger charge is -2.04. The monoisotopic (exact) mass is 247 g/mol. The largest absolute Gasteiger partial charge is 0.494 e. The molecule has 13 heavy (non-hydrogen) atoms. The van der Waals surface area contributed by atoms with Gasteiger partial charge in [-0.25, -0.2) is 4.39 Å². The molecule has 0 unspecified atom stereocenters. The van der Waals surface area contributed by atoms with Crippen LogP contribution in [0.15, 0.2) is 16.6 Å². The summed E-state index contributed by atoms with van der Waals surface area (Å²) >= 11 is 2.94. The van der Waals surface area contributed by atoms with Gasteiger partial charge >= 0.3 is 0 Å². The lowest BCUT2D eigenvalue weighted by atomic mass is 10.2. The Bertz CT molecular complexity index is 354. The Morgan fingerprint density at radius 3 is 2.69 bits per heavy atom. The fourth-order valence-electron chi connectivity index (χ4n) is 0.855. The standard InChI is InChI=1S/C8H7BrFNO2/c1-13-6-3-4(8(11)12)2-5(9)7(6)10/h2-3H,1H3,(H2,11,12). The highest BCUT2D eigenvalue weighted by molar-refractivity contribution is 9.10. The summed E-state index contributed by atoms with van der Waals surface area (Å²) in [5, 5.41) is 0. The predicted molar refractivity (Wildman–Crippen MR) is 49.2 cm³/mol. The highest BCUT2D eigenvalue weighted by Crippen LogP contribution is 2.26. The number of rotatable bonds is 2. The maximum Gasteiger partial charge on any atom is 0.248 e. The third-order valence-electron chi connectivity index (χ3n) is 1.50. The van der Waals surface area contributed by atoms with E-state index in [2.05, 4.69) is 15.9 Å². The van der Waals surface area contributed by atoms with Crippen molar-refractivity contribution in [1.82, 2.24) is 0 Å². The summed E-state index contributed by atoms with van der Waals surface area (Å²) in [6.07, 6.45) is 0. The molecule has 0 saturated heterocycles. The van der Waals surface area contributed by atoms with Gasteiger partial charge in [0.1, 0.15) is 0 Å². The molecule has 2 N–H and O–H groups in total. The molecule has 0 aliphatic rings.